The van der Waals surface area contributed by atoms with Crippen LogP contribution in [-0.4, -0.2) is 43.6 Å². The third kappa shape index (κ3) is 2.64. The van der Waals surface area contributed by atoms with Crippen molar-refractivity contribution in [3.8, 4) is 17.1 Å². The Kier molecular flexibility index (Phi) is 3.92. The van der Waals surface area contributed by atoms with Crippen LogP contribution in [-0.2, 0) is 0 Å². The fraction of sp³-hybridized carbons (Fsp3) is 0.333. The molecule has 2 atom stereocenters. The van der Waals surface area contributed by atoms with E-state index >= 15 is 0 Å². The van der Waals surface area contributed by atoms with Crippen molar-refractivity contribution < 1.29 is 5.11 Å². The molecule has 1 aromatic carbocycles. The molecule has 0 saturated carbocycles. The Balaban J connectivity index is 1.67. The quantitative estimate of drug-likeness (QED) is 0.770. The second-order valence-corrected chi connectivity index (χ2v) is 6.29. The fourth-order valence-electron chi connectivity index (χ4n) is 3.43. The Morgan fingerprint density at radius 2 is 2.21 bits per heavy atom. The molecule has 1 saturated heterocycles. The van der Waals surface area contributed by atoms with E-state index in [1.54, 1.807) is 6.20 Å². The van der Waals surface area contributed by atoms with Gasteiger partial charge in [-0.15, -0.1) is 0 Å². The average molecular weight is 323 g/mol. The number of imidazole rings is 1. The lowest BCUT2D eigenvalue weighted by Gasteiger charge is -2.16. The highest BCUT2D eigenvalue weighted by atomic mass is 16.3. The van der Waals surface area contributed by atoms with Crippen molar-refractivity contribution in [2.75, 3.05) is 13.2 Å². The maximum Gasteiger partial charge on any atom is 0.140 e. The molecule has 3 heterocycles. The predicted molar refractivity (Wildman–Crippen MR) is 92.1 cm³/mol. The Bertz CT molecular complexity index is 824. The van der Waals surface area contributed by atoms with Crippen molar-refractivity contribution in [1.82, 2.24) is 24.6 Å². The summed E-state index contributed by atoms with van der Waals surface area (Å²) in [6.45, 7) is 3.14. The first-order valence-corrected chi connectivity index (χ1v) is 8.24. The third-order valence-electron chi connectivity index (χ3n) is 4.70. The molecule has 0 bridgehead atoms. The highest BCUT2D eigenvalue weighted by Crippen LogP contribution is 2.29. The number of nitrogens with zero attached hydrogens (tertiary/aromatic N) is 4. The van der Waals surface area contributed by atoms with E-state index in [0.717, 1.165) is 30.0 Å². The van der Waals surface area contributed by atoms with Gasteiger partial charge in [0.2, 0.25) is 0 Å². The van der Waals surface area contributed by atoms with Crippen molar-refractivity contribution in [1.29, 1.82) is 0 Å². The van der Waals surface area contributed by atoms with Crippen molar-refractivity contribution in [3.05, 3.63) is 54.6 Å². The van der Waals surface area contributed by atoms with Gasteiger partial charge in [-0.25, -0.2) is 9.67 Å². The van der Waals surface area contributed by atoms with Crippen LogP contribution in [0.2, 0.25) is 0 Å². The molecule has 24 heavy (non-hydrogen) atoms. The Morgan fingerprint density at radius 1 is 1.29 bits per heavy atom. The summed E-state index contributed by atoms with van der Waals surface area (Å²) >= 11 is 0. The van der Waals surface area contributed by atoms with E-state index < -0.39 is 0 Å². The molecule has 0 radical (unpaired) electrons. The minimum atomic E-state index is 0.175. The number of benzene rings is 1. The Morgan fingerprint density at radius 3 is 2.92 bits per heavy atom. The smallest absolute Gasteiger partial charge is 0.140 e. The summed E-state index contributed by atoms with van der Waals surface area (Å²) in [6, 6.07) is 8.72. The molecule has 6 heteroatoms. The van der Waals surface area contributed by atoms with Gasteiger partial charge in [0.25, 0.3) is 0 Å². The zero-order valence-electron chi connectivity index (χ0n) is 13.6. The van der Waals surface area contributed by atoms with Gasteiger partial charge in [-0.1, -0.05) is 0 Å². The minimum Gasteiger partial charge on any atom is -0.395 e. The maximum absolute atomic E-state index is 9.34. The van der Waals surface area contributed by atoms with Crippen molar-refractivity contribution in [3.63, 3.8) is 0 Å². The molecule has 4 rings (SSSR count). The zero-order chi connectivity index (χ0) is 16.5. The molecule has 0 aliphatic carbocycles. The molecule has 6 nitrogen and oxygen atoms in total. The van der Waals surface area contributed by atoms with Crippen LogP contribution in [0.3, 0.4) is 0 Å². The number of aliphatic hydroxyl groups is 1. The normalized spacial score (nSPS) is 20.6. The first kappa shape index (κ1) is 15.1. The van der Waals surface area contributed by atoms with Crippen LogP contribution in [0.15, 0.2) is 49.1 Å². The molecule has 2 N–H and O–H groups in total. The molecule has 2 aromatic heterocycles. The molecule has 1 aliphatic heterocycles. The molecular formula is C18H21N5O. The summed E-state index contributed by atoms with van der Waals surface area (Å²) in [5, 5.41) is 17.0. The summed E-state index contributed by atoms with van der Waals surface area (Å²) in [5.74, 6) is 0.977. The van der Waals surface area contributed by atoms with Crippen LogP contribution >= 0.6 is 0 Å². The Labute approximate surface area is 140 Å². The number of aliphatic hydroxyl groups excluding tert-OH is 1. The lowest BCUT2D eigenvalue weighted by Crippen LogP contribution is -2.24. The van der Waals surface area contributed by atoms with Crippen LogP contribution in [0.5, 0.6) is 0 Å². The molecule has 3 aromatic rings. The molecule has 0 spiro atoms. The van der Waals surface area contributed by atoms with Gasteiger partial charge in [-0.05, 0) is 43.2 Å². The second-order valence-electron chi connectivity index (χ2n) is 6.29. The van der Waals surface area contributed by atoms with Crippen LogP contribution in [0.4, 0.5) is 0 Å². The highest BCUT2D eigenvalue weighted by Gasteiger charge is 2.26. The third-order valence-corrected chi connectivity index (χ3v) is 4.70. The van der Waals surface area contributed by atoms with E-state index in [2.05, 4.69) is 45.1 Å². The summed E-state index contributed by atoms with van der Waals surface area (Å²) in [5.41, 5.74) is 3.34. The average Bonchev–Trinajstić information content (AvgIpc) is 3.34. The maximum atomic E-state index is 9.34. The van der Waals surface area contributed by atoms with Gasteiger partial charge in [0.05, 0.1) is 12.3 Å². The lowest BCUT2D eigenvalue weighted by molar-refractivity contribution is 0.253. The first-order valence-electron chi connectivity index (χ1n) is 8.24. The van der Waals surface area contributed by atoms with Crippen molar-refractivity contribution >= 4 is 0 Å². The SMILES string of the molecule is Cc1cc(-n2cccn2)ccc1-c1nccn1[C@H]1CN[C@H](CO)C1. The van der Waals surface area contributed by atoms with Crippen molar-refractivity contribution in [2.45, 2.75) is 25.4 Å². The molecular weight excluding hydrogens is 302 g/mol. The fourth-order valence-corrected chi connectivity index (χ4v) is 3.43. The van der Waals surface area contributed by atoms with Crippen LogP contribution in [0, 0.1) is 6.92 Å². The second kappa shape index (κ2) is 6.22. The summed E-state index contributed by atoms with van der Waals surface area (Å²) in [4.78, 5) is 4.59. The van der Waals surface area contributed by atoms with E-state index in [-0.39, 0.29) is 12.6 Å². The topological polar surface area (TPSA) is 67.9 Å². The number of hydrogen-bond acceptors (Lipinski definition) is 4. The van der Waals surface area contributed by atoms with E-state index in [9.17, 15) is 5.11 Å². The van der Waals surface area contributed by atoms with E-state index in [1.165, 1.54) is 5.56 Å². The molecule has 124 valence electrons. The standard InChI is InChI=1S/C18H21N5O/c1-13-9-15(23-7-2-5-21-23)3-4-17(13)18-19-6-8-22(18)16-10-14(12-24)20-11-16/h2-9,14,16,20,24H,10-12H2,1H3/t14-,16+/m0/s1. The number of aromatic nitrogens is 4. The van der Waals surface area contributed by atoms with Crippen molar-refractivity contribution in [2.24, 2.45) is 0 Å². The lowest BCUT2D eigenvalue weighted by atomic mass is 10.1. The van der Waals surface area contributed by atoms with Crippen LogP contribution in [0.25, 0.3) is 17.1 Å². The van der Waals surface area contributed by atoms with Gasteiger partial charge in [0.15, 0.2) is 0 Å². The van der Waals surface area contributed by atoms with E-state index in [1.807, 2.05) is 29.3 Å². The molecule has 1 aliphatic rings. The number of nitrogens with one attached hydrogen (secondary N) is 1. The molecule has 0 amide bonds. The Hall–Kier alpha value is -2.44. The van der Waals surface area contributed by atoms with Gasteiger partial charge in [0, 0.05) is 49.0 Å². The summed E-state index contributed by atoms with van der Waals surface area (Å²) in [6.07, 6.45) is 8.52. The van der Waals surface area contributed by atoms with Gasteiger partial charge >= 0.3 is 0 Å². The summed E-state index contributed by atoms with van der Waals surface area (Å²) in [7, 11) is 0. The monoisotopic (exact) mass is 323 g/mol. The minimum absolute atomic E-state index is 0.175. The van der Waals surface area contributed by atoms with Crippen LogP contribution < -0.4 is 5.32 Å². The van der Waals surface area contributed by atoms with Gasteiger partial charge in [0.1, 0.15) is 5.82 Å². The van der Waals surface area contributed by atoms with E-state index in [0.29, 0.717) is 6.04 Å². The molecule has 1 fully saturated rings. The largest absolute Gasteiger partial charge is 0.395 e. The summed E-state index contributed by atoms with van der Waals surface area (Å²) < 4.78 is 4.08. The van der Waals surface area contributed by atoms with Gasteiger partial charge in [-0.2, -0.15) is 5.10 Å². The van der Waals surface area contributed by atoms with Gasteiger partial charge < -0.3 is 15.0 Å². The number of hydrogen-bond donors (Lipinski definition) is 2. The number of aryl methyl sites for hydroxylation is 1. The predicted octanol–water partition coefficient (Wildman–Crippen LogP) is 1.94. The zero-order valence-corrected chi connectivity index (χ0v) is 13.6. The molecule has 0 unspecified atom stereocenters. The van der Waals surface area contributed by atoms with E-state index in [4.69, 9.17) is 0 Å². The number of rotatable bonds is 4. The first-order chi connectivity index (χ1) is 11.8. The van der Waals surface area contributed by atoms with Crippen LogP contribution in [0.1, 0.15) is 18.0 Å². The van der Waals surface area contributed by atoms with Gasteiger partial charge in [-0.3, -0.25) is 0 Å². The highest BCUT2D eigenvalue weighted by molar-refractivity contribution is 5.63.